The maximum Gasteiger partial charge on any atom is 0.243 e. The lowest BCUT2D eigenvalue weighted by Gasteiger charge is -2.32. The van der Waals surface area contributed by atoms with E-state index in [1.165, 1.54) is 33.1 Å². The zero-order chi connectivity index (χ0) is 27.5. The van der Waals surface area contributed by atoms with Crippen molar-refractivity contribution in [1.82, 2.24) is 20.3 Å². The molecule has 0 spiro atoms. The van der Waals surface area contributed by atoms with E-state index >= 15 is 0 Å². The van der Waals surface area contributed by atoms with Gasteiger partial charge in [-0.1, -0.05) is 29.8 Å². The predicted octanol–water partition coefficient (Wildman–Crippen LogP) is 4.71. The second-order valence-corrected chi connectivity index (χ2v) is 10.3. The normalized spacial score (nSPS) is 18.9. The van der Waals surface area contributed by atoms with Gasteiger partial charge in [0, 0.05) is 24.6 Å². The van der Waals surface area contributed by atoms with Gasteiger partial charge in [0.05, 0.1) is 60.2 Å². The maximum atomic E-state index is 11.9. The molecule has 5 rings (SSSR count). The largest absolute Gasteiger partial charge is 0.495 e. The van der Waals surface area contributed by atoms with Gasteiger partial charge in [0.15, 0.2) is 5.82 Å². The van der Waals surface area contributed by atoms with E-state index in [4.69, 9.17) is 47.4 Å². The first-order valence-corrected chi connectivity index (χ1v) is 13.5. The Hall–Kier alpha value is -3.34. The fourth-order valence-electron chi connectivity index (χ4n) is 4.49. The molecule has 10 nitrogen and oxygen atoms in total. The van der Waals surface area contributed by atoms with E-state index in [0.717, 1.165) is 11.9 Å². The number of aromatic nitrogens is 3. The van der Waals surface area contributed by atoms with Gasteiger partial charge in [-0.3, -0.25) is 4.79 Å². The fourth-order valence-corrected chi connectivity index (χ4v) is 5.16. The van der Waals surface area contributed by atoms with Crippen LogP contribution in [0.15, 0.2) is 31.0 Å². The number of amides is 1. The van der Waals surface area contributed by atoms with Crippen molar-refractivity contribution in [3.8, 4) is 22.9 Å². The van der Waals surface area contributed by atoms with Crippen molar-refractivity contribution in [3.05, 3.63) is 41.0 Å². The Balaban J connectivity index is 1.54. The summed E-state index contributed by atoms with van der Waals surface area (Å²) in [6, 6.07) is 3.23. The Morgan fingerprint density at radius 2 is 1.87 bits per heavy atom. The third-order valence-corrected chi connectivity index (χ3v) is 7.59. The monoisotopic (exact) mass is 572 g/mol. The van der Waals surface area contributed by atoms with Gasteiger partial charge < -0.3 is 30.2 Å². The summed E-state index contributed by atoms with van der Waals surface area (Å²) in [6.07, 6.45) is 5.98. The van der Waals surface area contributed by atoms with Crippen LogP contribution in [0.5, 0.6) is 11.5 Å². The van der Waals surface area contributed by atoms with Crippen LogP contribution in [0.1, 0.15) is 19.3 Å². The molecule has 3 heterocycles. The molecule has 12 heteroatoms. The molecule has 2 atom stereocenters. The van der Waals surface area contributed by atoms with Crippen molar-refractivity contribution >= 4 is 51.6 Å². The smallest absolute Gasteiger partial charge is 0.243 e. The van der Waals surface area contributed by atoms with Gasteiger partial charge in [0.2, 0.25) is 5.91 Å². The number of pyridine rings is 1. The van der Waals surface area contributed by atoms with Gasteiger partial charge in [-0.25, -0.2) is 15.0 Å². The number of hydrogen-bond acceptors (Lipinski definition) is 9. The summed E-state index contributed by atoms with van der Waals surface area (Å²) in [4.78, 5) is 26.1. The summed E-state index contributed by atoms with van der Waals surface area (Å²) in [6.45, 7) is 5.32. The molecule has 0 unspecified atom stereocenters. The molecular weight excluding hydrogens is 543 g/mol. The number of rotatable bonds is 10. The van der Waals surface area contributed by atoms with Gasteiger partial charge in [0.25, 0.3) is 0 Å². The summed E-state index contributed by atoms with van der Waals surface area (Å²) in [5.41, 5.74) is 1.02. The highest BCUT2D eigenvalue weighted by Crippen LogP contribution is 2.45. The zero-order valence-electron chi connectivity index (χ0n) is 21.7. The van der Waals surface area contributed by atoms with Crippen LogP contribution in [0.25, 0.3) is 22.3 Å². The topological polar surface area (TPSA) is 120 Å². The molecule has 1 aliphatic heterocycles. The maximum absolute atomic E-state index is 11.9. The minimum atomic E-state index is -0.223. The quantitative estimate of drug-likeness (QED) is 0.296. The number of methoxy groups -OCH3 is 2. The number of fused-ring (bicyclic) bond motifs is 1. The van der Waals surface area contributed by atoms with E-state index in [1.807, 2.05) is 6.07 Å². The van der Waals surface area contributed by atoms with Crippen LogP contribution >= 0.6 is 23.2 Å². The van der Waals surface area contributed by atoms with Crippen LogP contribution < -0.4 is 25.4 Å². The molecule has 1 saturated heterocycles. The van der Waals surface area contributed by atoms with Crippen molar-refractivity contribution in [2.24, 2.45) is 5.92 Å². The Kier molecular flexibility index (Phi) is 8.25. The van der Waals surface area contributed by atoms with Gasteiger partial charge in [0.1, 0.15) is 23.1 Å². The molecular formula is C27H30Cl2N6O4. The Morgan fingerprint density at radius 1 is 1.13 bits per heavy atom. The highest BCUT2D eigenvalue weighted by molar-refractivity contribution is 6.41. The third kappa shape index (κ3) is 5.98. The molecule has 2 aromatic heterocycles. The molecule has 1 amide bonds. The average molecular weight is 573 g/mol. The molecule has 1 saturated carbocycles. The van der Waals surface area contributed by atoms with E-state index in [9.17, 15) is 4.79 Å². The van der Waals surface area contributed by atoms with Crippen molar-refractivity contribution in [2.45, 2.75) is 31.3 Å². The van der Waals surface area contributed by atoms with Crippen LogP contribution in [-0.4, -0.2) is 66.9 Å². The van der Waals surface area contributed by atoms with Gasteiger partial charge in [-0.2, -0.15) is 0 Å². The fraction of sp³-hybridized carbons (Fsp3) is 0.407. The molecule has 0 radical (unpaired) electrons. The Morgan fingerprint density at radius 3 is 2.54 bits per heavy atom. The first-order valence-electron chi connectivity index (χ1n) is 12.7. The molecule has 2 fully saturated rings. The molecule has 39 heavy (non-hydrogen) atoms. The van der Waals surface area contributed by atoms with Crippen LogP contribution in [0.3, 0.4) is 0 Å². The van der Waals surface area contributed by atoms with Gasteiger partial charge >= 0.3 is 0 Å². The Bertz CT molecular complexity index is 1370. The summed E-state index contributed by atoms with van der Waals surface area (Å²) in [5, 5.41) is 11.2. The summed E-state index contributed by atoms with van der Waals surface area (Å²) in [7, 11) is 3.04. The van der Waals surface area contributed by atoms with Gasteiger partial charge in [-0.15, -0.1) is 0 Å². The lowest BCUT2D eigenvalue weighted by atomic mass is 10.0. The number of anilines is 2. The molecule has 3 N–H and O–H groups in total. The number of carbonyl (C=O) groups excluding carboxylic acids is 1. The number of halogens is 2. The van der Waals surface area contributed by atoms with Crippen LogP contribution in [0.4, 0.5) is 11.6 Å². The molecule has 2 aliphatic rings. The minimum absolute atomic E-state index is 0.125. The molecule has 1 aliphatic carbocycles. The number of ether oxygens (including phenoxy) is 3. The van der Waals surface area contributed by atoms with E-state index in [-0.39, 0.29) is 28.0 Å². The predicted molar refractivity (Wildman–Crippen MR) is 152 cm³/mol. The molecule has 206 valence electrons. The summed E-state index contributed by atoms with van der Waals surface area (Å²) < 4.78 is 16.5. The van der Waals surface area contributed by atoms with Crippen molar-refractivity contribution in [1.29, 1.82) is 0 Å². The molecule has 1 aromatic carbocycles. The van der Waals surface area contributed by atoms with Crippen molar-refractivity contribution in [2.75, 3.05) is 44.6 Å². The van der Waals surface area contributed by atoms with Crippen LogP contribution in [0.2, 0.25) is 10.0 Å². The number of benzene rings is 1. The number of nitrogens with zero attached hydrogens (tertiary/aromatic N) is 3. The van der Waals surface area contributed by atoms with E-state index < -0.39 is 0 Å². The van der Waals surface area contributed by atoms with Crippen LogP contribution in [-0.2, 0) is 9.53 Å². The van der Waals surface area contributed by atoms with E-state index in [0.29, 0.717) is 65.6 Å². The third-order valence-electron chi connectivity index (χ3n) is 6.84. The second-order valence-electron chi connectivity index (χ2n) is 9.52. The molecule has 3 aromatic rings. The minimum Gasteiger partial charge on any atom is -0.495 e. The highest BCUT2D eigenvalue weighted by Gasteiger charge is 2.28. The highest BCUT2D eigenvalue weighted by atomic mass is 35.5. The first-order chi connectivity index (χ1) is 18.9. The summed E-state index contributed by atoms with van der Waals surface area (Å²) >= 11 is 13.3. The van der Waals surface area contributed by atoms with Crippen LogP contribution in [0, 0.1) is 5.92 Å². The Labute approximate surface area is 236 Å². The SMILES string of the molecule is C=CC(=O)N[C@H]1CCOC[C@H]1Nc1cc2c(NCC3CC3)nc(-c3c(Cl)c(OC)cc(OC)c3Cl)nc2cn1. The summed E-state index contributed by atoms with van der Waals surface area (Å²) in [5.74, 6) is 2.75. The van der Waals surface area contributed by atoms with E-state index in [2.05, 4.69) is 27.5 Å². The average Bonchev–Trinajstić information content (AvgIpc) is 3.78. The van der Waals surface area contributed by atoms with Crippen molar-refractivity contribution in [3.63, 3.8) is 0 Å². The number of carbonyl (C=O) groups is 1. The van der Waals surface area contributed by atoms with Crippen molar-refractivity contribution < 1.29 is 19.0 Å². The lowest BCUT2D eigenvalue weighted by molar-refractivity contribution is -0.117. The second kappa shape index (κ2) is 11.8. The molecule has 0 bridgehead atoms. The standard InChI is InChI=1S/C27H30Cl2N6O4/c1-4-22(36)33-16-7-8-39-13-18(16)32-21-9-15-17(12-30-21)34-27(35-26(15)31-11-14-5-6-14)23-24(28)19(37-2)10-20(38-3)25(23)29/h4,9-10,12,14,16,18H,1,5-8,11,13H2,2-3H3,(H,30,32)(H,33,36)(H,31,34,35)/t16-,18+/m0/s1. The lowest BCUT2D eigenvalue weighted by Crippen LogP contribution is -2.52. The number of nitrogens with one attached hydrogen (secondary N) is 3. The number of hydrogen-bond donors (Lipinski definition) is 3. The zero-order valence-corrected chi connectivity index (χ0v) is 23.2. The first kappa shape index (κ1) is 27.2. The van der Waals surface area contributed by atoms with E-state index in [1.54, 1.807) is 12.3 Å². The van der Waals surface area contributed by atoms with Gasteiger partial charge in [-0.05, 0) is 37.3 Å².